The highest BCUT2D eigenvalue weighted by Gasteiger charge is 2.13. The van der Waals surface area contributed by atoms with Gasteiger partial charge in [0.1, 0.15) is 5.78 Å². The summed E-state index contributed by atoms with van der Waals surface area (Å²) in [5, 5.41) is 8.82. The third-order valence-corrected chi connectivity index (χ3v) is 2.99. The number of carboxylic acid groups (broad SMARTS) is 1. The quantitative estimate of drug-likeness (QED) is 0.605. The van der Waals surface area contributed by atoms with E-state index in [1.807, 2.05) is 0 Å². The van der Waals surface area contributed by atoms with Gasteiger partial charge >= 0.3 is 5.97 Å². The zero-order valence-electron chi connectivity index (χ0n) is 11.2. The number of benzene rings is 1. The maximum atomic E-state index is 11.7. The predicted octanol–water partition coefficient (Wildman–Crippen LogP) is 2.50. The van der Waals surface area contributed by atoms with Gasteiger partial charge in [-0.2, -0.15) is 0 Å². The van der Waals surface area contributed by atoms with Crippen molar-refractivity contribution in [3.8, 4) is 0 Å². The Bertz CT molecular complexity index is 473. The molecule has 19 heavy (non-hydrogen) atoms. The molecule has 1 aromatic carbocycles. The number of carbonyl (C=O) groups excluding carboxylic acids is 2. The summed E-state index contributed by atoms with van der Waals surface area (Å²) in [7, 11) is 0. The smallest absolute Gasteiger partial charge is 0.306 e. The van der Waals surface area contributed by atoms with E-state index in [0.29, 0.717) is 18.4 Å². The van der Waals surface area contributed by atoms with Gasteiger partial charge in [-0.15, -0.1) is 0 Å². The first-order chi connectivity index (χ1) is 8.93. The molecular formula is C15H18O4. The third-order valence-electron chi connectivity index (χ3n) is 2.99. The van der Waals surface area contributed by atoms with Gasteiger partial charge in [0.05, 0.1) is 12.3 Å². The molecule has 0 fully saturated rings. The standard InChI is InChI=1S/C15H18O4/c1-3-13(16)9-14(17)12-6-4-11(5-7-12)8-10(2)15(18)19/h4-7,10H,3,8-9H2,1-2H3,(H,18,19). The van der Waals surface area contributed by atoms with Crippen LogP contribution in [0.25, 0.3) is 0 Å². The van der Waals surface area contributed by atoms with E-state index in [2.05, 4.69) is 0 Å². The van der Waals surface area contributed by atoms with Gasteiger partial charge in [-0.05, 0) is 12.0 Å². The van der Waals surface area contributed by atoms with E-state index in [0.717, 1.165) is 5.56 Å². The highest BCUT2D eigenvalue weighted by atomic mass is 16.4. The minimum Gasteiger partial charge on any atom is -0.481 e. The monoisotopic (exact) mass is 262 g/mol. The zero-order valence-corrected chi connectivity index (χ0v) is 11.2. The molecule has 0 amide bonds. The van der Waals surface area contributed by atoms with Crippen LogP contribution in [0.4, 0.5) is 0 Å². The first kappa shape index (κ1) is 15.1. The van der Waals surface area contributed by atoms with Gasteiger partial charge in [-0.3, -0.25) is 14.4 Å². The summed E-state index contributed by atoms with van der Waals surface area (Å²) in [6.07, 6.45) is 0.721. The van der Waals surface area contributed by atoms with Crippen molar-refractivity contribution in [1.82, 2.24) is 0 Å². The van der Waals surface area contributed by atoms with Gasteiger partial charge in [-0.1, -0.05) is 38.1 Å². The fourth-order valence-electron chi connectivity index (χ4n) is 1.67. The van der Waals surface area contributed by atoms with E-state index in [1.165, 1.54) is 0 Å². The molecule has 4 nitrogen and oxygen atoms in total. The maximum Gasteiger partial charge on any atom is 0.306 e. The molecule has 0 bridgehead atoms. The molecular weight excluding hydrogens is 244 g/mol. The Hall–Kier alpha value is -1.97. The van der Waals surface area contributed by atoms with Crippen LogP contribution < -0.4 is 0 Å². The molecule has 0 aromatic heterocycles. The van der Waals surface area contributed by atoms with Crippen LogP contribution in [0.1, 0.15) is 42.6 Å². The number of aliphatic carboxylic acids is 1. The number of carbonyl (C=O) groups is 3. The summed E-state index contributed by atoms with van der Waals surface area (Å²) in [4.78, 5) is 33.7. The van der Waals surface area contributed by atoms with E-state index in [-0.39, 0.29) is 18.0 Å². The average Bonchev–Trinajstić information content (AvgIpc) is 2.39. The molecule has 1 unspecified atom stereocenters. The fraction of sp³-hybridized carbons (Fsp3) is 0.400. The first-order valence-corrected chi connectivity index (χ1v) is 6.30. The van der Waals surface area contributed by atoms with E-state index < -0.39 is 11.9 Å². The Labute approximate surface area is 112 Å². The molecule has 0 spiro atoms. The normalized spacial score (nSPS) is 11.9. The summed E-state index contributed by atoms with van der Waals surface area (Å²) < 4.78 is 0. The molecule has 0 aliphatic rings. The van der Waals surface area contributed by atoms with E-state index in [1.54, 1.807) is 38.1 Å². The Morgan fingerprint density at radius 2 is 1.74 bits per heavy atom. The van der Waals surface area contributed by atoms with Gasteiger partial charge in [0.2, 0.25) is 0 Å². The zero-order chi connectivity index (χ0) is 14.4. The lowest BCUT2D eigenvalue weighted by Gasteiger charge is -2.07. The SMILES string of the molecule is CCC(=O)CC(=O)c1ccc(CC(C)C(=O)O)cc1. The van der Waals surface area contributed by atoms with Crippen molar-refractivity contribution in [3.05, 3.63) is 35.4 Å². The van der Waals surface area contributed by atoms with Crippen molar-refractivity contribution < 1.29 is 19.5 Å². The third kappa shape index (κ3) is 4.66. The summed E-state index contributed by atoms with van der Waals surface area (Å²) in [6, 6.07) is 6.77. The minimum absolute atomic E-state index is 0.0681. The van der Waals surface area contributed by atoms with E-state index >= 15 is 0 Å². The summed E-state index contributed by atoms with van der Waals surface area (Å²) in [6.45, 7) is 3.37. The molecule has 0 aliphatic carbocycles. The van der Waals surface area contributed by atoms with Crippen molar-refractivity contribution in [2.45, 2.75) is 33.1 Å². The summed E-state index contributed by atoms with van der Waals surface area (Å²) >= 11 is 0. The lowest BCUT2D eigenvalue weighted by atomic mass is 9.98. The van der Waals surface area contributed by atoms with Crippen LogP contribution in [0.5, 0.6) is 0 Å². The largest absolute Gasteiger partial charge is 0.481 e. The van der Waals surface area contributed by atoms with E-state index in [9.17, 15) is 14.4 Å². The number of ketones is 2. The predicted molar refractivity (Wildman–Crippen MR) is 71.2 cm³/mol. The highest BCUT2D eigenvalue weighted by Crippen LogP contribution is 2.12. The summed E-state index contributed by atoms with van der Waals surface area (Å²) in [5.74, 6) is -1.56. The number of Topliss-reactive ketones (excluding diaryl/α,β-unsaturated/α-hetero) is 2. The second-order valence-electron chi connectivity index (χ2n) is 4.63. The van der Waals surface area contributed by atoms with Crippen LogP contribution in [0.3, 0.4) is 0 Å². The van der Waals surface area contributed by atoms with Crippen LogP contribution >= 0.6 is 0 Å². The van der Waals surface area contributed by atoms with E-state index in [4.69, 9.17) is 5.11 Å². The molecule has 0 saturated carbocycles. The second-order valence-corrected chi connectivity index (χ2v) is 4.63. The van der Waals surface area contributed by atoms with Crippen LogP contribution in [0.2, 0.25) is 0 Å². The molecule has 4 heteroatoms. The van der Waals surface area contributed by atoms with Gasteiger partial charge < -0.3 is 5.11 Å². The number of carboxylic acids is 1. The van der Waals surface area contributed by atoms with Gasteiger partial charge in [0.15, 0.2) is 5.78 Å². The van der Waals surface area contributed by atoms with Crippen molar-refractivity contribution in [2.75, 3.05) is 0 Å². The van der Waals surface area contributed by atoms with Gasteiger partial charge in [-0.25, -0.2) is 0 Å². The summed E-state index contributed by atoms with van der Waals surface area (Å²) in [5.41, 5.74) is 1.36. The Morgan fingerprint density at radius 1 is 1.16 bits per heavy atom. The Balaban J connectivity index is 2.68. The van der Waals surface area contributed by atoms with Crippen LogP contribution in [0.15, 0.2) is 24.3 Å². The van der Waals surface area contributed by atoms with Crippen molar-refractivity contribution in [1.29, 1.82) is 0 Å². The first-order valence-electron chi connectivity index (χ1n) is 6.30. The molecule has 0 aliphatic heterocycles. The number of rotatable bonds is 7. The molecule has 0 saturated heterocycles. The molecule has 1 rings (SSSR count). The number of hydrogen-bond donors (Lipinski definition) is 1. The minimum atomic E-state index is -0.839. The fourth-order valence-corrected chi connectivity index (χ4v) is 1.67. The lowest BCUT2D eigenvalue weighted by molar-refractivity contribution is -0.141. The van der Waals surface area contributed by atoms with Crippen LogP contribution in [-0.2, 0) is 16.0 Å². The Kier molecular flexibility index (Phi) is 5.42. The Morgan fingerprint density at radius 3 is 2.21 bits per heavy atom. The molecule has 0 radical (unpaired) electrons. The molecule has 1 aromatic rings. The topological polar surface area (TPSA) is 71.4 Å². The van der Waals surface area contributed by atoms with Crippen molar-refractivity contribution in [3.63, 3.8) is 0 Å². The second kappa shape index (κ2) is 6.83. The molecule has 0 heterocycles. The van der Waals surface area contributed by atoms with Gasteiger partial charge in [0.25, 0.3) is 0 Å². The van der Waals surface area contributed by atoms with Crippen LogP contribution in [0, 0.1) is 5.92 Å². The maximum absolute atomic E-state index is 11.7. The molecule has 102 valence electrons. The molecule has 1 N–H and O–H groups in total. The number of hydrogen-bond acceptors (Lipinski definition) is 3. The van der Waals surface area contributed by atoms with Crippen LogP contribution in [-0.4, -0.2) is 22.6 Å². The lowest BCUT2D eigenvalue weighted by Crippen LogP contribution is -2.12. The highest BCUT2D eigenvalue weighted by molar-refractivity contribution is 6.07. The van der Waals surface area contributed by atoms with Crippen molar-refractivity contribution >= 4 is 17.5 Å². The van der Waals surface area contributed by atoms with Crippen molar-refractivity contribution in [2.24, 2.45) is 5.92 Å². The average molecular weight is 262 g/mol. The molecule has 1 atom stereocenters. The van der Waals surface area contributed by atoms with Gasteiger partial charge in [0, 0.05) is 12.0 Å².